The minimum absolute atomic E-state index is 0.0949. The van der Waals surface area contributed by atoms with Crippen molar-refractivity contribution in [2.24, 2.45) is 5.92 Å². The third kappa shape index (κ3) is 3.25. The molecule has 0 aliphatic heterocycles. The van der Waals surface area contributed by atoms with Gasteiger partial charge in [0.15, 0.2) is 0 Å². The monoisotopic (exact) mass is 200 g/mol. The van der Waals surface area contributed by atoms with Gasteiger partial charge in [-0.05, 0) is 44.9 Å². The van der Waals surface area contributed by atoms with E-state index in [1.807, 2.05) is 13.8 Å². The molecule has 0 amide bonds. The third-order valence-electron chi connectivity index (χ3n) is 3.78. The largest absolute Gasteiger partial charge is 0.393 e. The average molecular weight is 200 g/mol. The van der Waals surface area contributed by atoms with Crippen LogP contribution >= 0.6 is 0 Å². The summed E-state index contributed by atoms with van der Waals surface area (Å²) < 4.78 is 0. The van der Waals surface area contributed by atoms with Gasteiger partial charge in [0.1, 0.15) is 0 Å². The lowest BCUT2D eigenvalue weighted by atomic mass is 9.78. The molecule has 1 rings (SSSR count). The van der Waals surface area contributed by atoms with Crippen molar-refractivity contribution in [2.75, 3.05) is 0 Å². The molecule has 1 fully saturated rings. The van der Waals surface area contributed by atoms with Crippen LogP contribution < -0.4 is 0 Å². The fraction of sp³-hybridized carbons (Fsp3) is 1.00. The highest BCUT2D eigenvalue weighted by atomic mass is 16.3. The topological polar surface area (TPSA) is 40.5 Å². The van der Waals surface area contributed by atoms with E-state index in [0.717, 1.165) is 44.9 Å². The first kappa shape index (κ1) is 12.0. The summed E-state index contributed by atoms with van der Waals surface area (Å²) in [4.78, 5) is 0. The molecular formula is C12H24O2. The second kappa shape index (κ2) is 5.13. The van der Waals surface area contributed by atoms with Crippen LogP contribution in [0.4, 0.5) is 0 Å². The molecule has 0 saturated heterocycles. The molecule has 0 spiro atoms. The molecule has 0 bridgehead atoms. The predicted molar refractivity (Wildman–Crippen MR) is 58.1 cm³/mol. The van der Waals surface area contributed by atoms with Gasteiger partial charge in [0.2, 0.25) is 0 Å². The third-order valence-corrected chi connectivity index (χ3v) is 3.78. The second-order valence-corrected chi connectivity index (χ2v) is 4.92. The van der Waals surface area contributed by atoms with Gasteiger partial charge in [0.25, 0.3) is 0 Å². The van der Waals surface area contributed by atoms with E-state index < -0.39 is 5.60 Å². The van der Waals surface area contributed by atoms with Gasteiger partial charge in [0.05, 0.1) is 11.7 Å². The van der Waals surface area contributed by atoms with Gasteiger partial charge in [-0.25, -0.2) is 0 Å². The van der Waals surface area contributed by atoms with Crippen LogP contribution in [0.1, 0.15) is 58.8 Å². The fourth-order valence-electron chi connectivity index (χ4n) is 2.40. The molecule has 2 heteroatoms. The predicted octanol–water partition coefficient (Wildman–Crippen LogP) is 2.48. The van der Waals surface area contributed by atoms with E-state index in [9.17, 15) is 10.2 Å². The van der Waals surface area contributed by atoms with E-state index in [4.69, 9.17) is 0 Å². The summed E-state index contributed by atoms with van der Waals surface area (Å²) in [7, 11) is 0. The molecule has 2 N–H and O–H groups in total. The van der Waals surface area contributed by atoms with Crippen molar-refractivity contribution in [1.29, 1.82) is 0 Å². The summed E-state index contributed by atoms with van der Waals surface area (Å²) in [5.74, 6) is 0.431. The highest BCUT2D eigenvalue weighted by molar-refractivity contribution is 4.82. The zero-order chi connectivity index (χ0) is 10.6. The van der Waals surface area contributed by atoms with Crippen LogP contribution in [0.3, 0.4) is 0 Å². The van der Waals surface area contributed by atoms with Crippen LogP contribution in [-0.4, -0.2) is 21.9 Å². The maximum atomic E-state index is 10.2. The molecule has 84 valence electrons. The van der Waals surface area contributed by atoms with E-state index in [1.54, 1.807) is 0 Å². The summed E-state index contributed by atoms with van der Waals surface area (Å²) in [5.41, 5.74) is -0.498. The summed E-state index contributed by atoms with van der Waals surface area (Å²) >= 11 is 0. The first-order valence-corrected chi connectivity index (χ1v) is 5.96. The average Bonchev–Trinajstić information content (AvgIpc) is 2.11. The molecule has 1 aliphatic carbocycles. The Morgan fingerprint density at radius 1 is 1.14 bits per heavy atom. The summed E-state index contributed by atoms with van der Waals surface area (Å²) in [5, 5.41) is 19.7. The normalized spacial score (nSPS) is 34.3. The van der Waals surface area contributed by atoms with Crippen LogP contribution in [0, 0.1) is 5.92 Å². The Kier molecular flexibility index (Phi) is 4.39. The van der Waals surface area contributed by atoms with Crippen molar-refractivity contribution in [3.05, 3.63) is 0 Å². The molecule has 0 aromatic carbocycles. The van der Waals surface area contributed by atoms with Crippen LogP contribution in [0.2, 0.25) is 0 Å². The fourth-order valence-corrected chi connectivity index (χ4v) is 2.40. The second-order valence-electron chi connectivity index (χ2n) is 4.92. The van der Waals surface area contributed by atoms with E-state index >= 15 is 0 Å². The highest BCUT2D eigenvalue weighted by Gasteiger charge is 2.30. The SMILES string of the molecule is CCC(C)(O)C1CCCC(O)CCC1. The Bertz CT molecular complexity index is 156. The summed E-state index contributed by atoms with van der Waals surface area (Å²) in [6.07, 6.45) is 6.81. The van der Waals surface area contributed by atoms with Crippen molar-refractivity contribution in [3.63, 3.8) is 0 Å². The first-order chi connectivity index (χ1) is 6.56. The van der Waals surface area contributed by atoms with Gasteiger partial charge in [-0.15, -0.1) is 0 Å². The van der Waals surface area contributed by atoms with E-state index in [1.165, 1.54) is 0 Å². The Morgan fingerprint density at radius 2 is 1.64 bits per heavy atom. The first-order valence-electron chi connectivity index (χ1n) is 5.96. The van der Waals surface area contributed by atoms with Gasteiger partial charge in [-0.3, -0.25) is 0 Å². The number of aliphatic hydroxyl groups excluding tert-OH is 1. The smallest absolute Gasteiger partial charge is 0.0645 e. The van der Waals surface area contributed by atoms with Crippen LogP contribution in [0.25, 0.3) is 0 Å². The summed E-state index contributed by atoms with van der Waals surface area (Å²) in [6.45, 7) is 4.00. The number of hydrogen-bond acceptors (Lipinski definition) is 2. The molecule has 0 aromatic heterocycles. The zero-order valence-corrected chi connectivity index (χ0v) is 9.50. The van der Waals surface area contributed by atoms with Gasteiger partial charge in [0, 0.05) is 0 Å². The molecule has 14 heavy (non-hydrogen) atoms. The molecule has 2 nitrogen and oxygen atoms in total. The Labute approximate surface area is 87.3 Å². The summed E-state index contributed by atoms with van der Waals surface area (Å²) in [6, 6.07) is 0. The molecule has 1 saturated carbocycles. The molecule has 0 aromatic rings. The van der Waals surface area contributed by atoms with Gasteiger partial charge < -0.3 is 10.2 Å². The van der Waals surface area contributed by atoms with Crippen molar-refractivity contribution < 1.29 is 10.2 Å². The number of rotatable bonds is 2. The van der Waals surface area contributed by atoms with Crippen LogP contribution in [0.5, 0.6) is 0 Å². The maximum absolute atomic E-state index is 10.2. The lowest BCUT2D eigenvalue weighted by Gasteiger charge is -2.34. The number of aliphatic hydroxyl groups is 2. The molecule has 1 atom stereocenters. The molecule has 0 radical (unpaired) electrons. The molecular weight excluding hydrogens is 176 g/mol. The minimum Gasteiger partial charge on any atom is -0.393 e. The van der Waals surface area contributed by atoms with Crippen molar-refractivity contribution >= 4 is 0 Å². The Morgan fingerprint density at radius 3 is 2.07 bits per heavy atom. The Balaban J connectivity index is 2.46. The van der Waals surface area contributed by atoms with E-state index in [-0.39, 0.29) is 6.10 Å². The molecule has 0 heterocycles. The molecule has 1 unspecified atom stereocenters. The zero-order valence-electron chi connectivity index (χ0n) is 9.50. The van der Waals surface area contributed by atoms with Gasteiger partial charge >= 0.3 is 0 Å². The van der Waals surface area contributed by atoms with E-state index in [0.29, 0.717) is 5.92 Å². The standard InChI is InChI=1S/C12H24O2/c1-3-12(2,14)10-6-4-8-11(13)9-5-7-10/h10-11,13-14H,3-9H2,1-2H3. The molecule has 1 aliphatic rings. The minimum atomic E-state index is -0.498. The lowest BCUT2D eigenvalue weighted by Crippen LogP contribution is -2.34. The quantitative estimate of drug-likeness (QED) is 0.719. The lowest BCUT2D eigenvalue weighted by molar-refractivity contribution is -0.0198. The van der Waals surface area contributed by atoms with Crippen LogP contribution in [0.15, 0.2) is 0 Å². The Hall–Kier alpha value is -0.0800. The van der Waals surface area contributed by atoms with Crippen molar-refractivity contribution in [1.82, 2.24) is 0 Å². The highest BCUT2D eigenvalue weighted by Crippen LogP contribution is 2.32. The van der Waals surface area contributed by atoms with Crippen molar-refractivity contribution in [3.8, 4) is 0 Å². The van der Waals surface area contributed by atoms with Gasteiger partial charge in [-0.2, -0.15) is 0 Å². The van der Waals surface area contributed by atoms with E-state index in [2.05, 4.69) is 0 Å². The van der Waals surface area contributed by atoms with Gasteiger partial charge in [-0.1, -0.05) is 19.8 Å². The van der Waals surface area contributed by atoms with Crippen LogP contribution in [-0.2, 0) is 0 Å². The number of hydrogen-bond donors (Lipinski definition) is 2. The maximum Gasteiger partial charge on any atom is 0.0645 e. The van der Waals surface area contributed by atoms with Crippen molar-refractivity contribution in [2.45, 2.75) is 70.5 Å².